The van der Waals surface area contributed by atoms with E-state index < -0.39 is 0 Å². The molecule has 7 heteroatoms. The minimum atomic E-state index is 0.0585. The predicted molar refractivity (Wildman–Crippen MR) is 78.7 cm³/mol. The lowest BCUT2D eigenvalue weighted by Gasteiger charge is -2.09. The first kappa shape index (κ1) is 12.9. The van der Waals surface area contributed by atoms with Gasteiger partial charge in [0.05, 0.1) is 11.2 Å². The molecule has 0 unspecified atom stereocenters. The third-order valence-electron chi connectivity index (χ3n) is 2.66. The molecule has 0 fully saturated rings. The minimum absolute atomic E-state index is 0.0585. The van der Waals surface area contributed by atoms with Gasteiger partial charge in [-0.1, -0.05) is 23.2 Å². The largest absolute Gasteiger partial charge is 0.506 e. The van der Waals surface area contributed by atoms with Crippen LogP contribution in [0.15, 0.2) is 36.7 Å². The summed E-state index contributed by atoms with van der Waals surface area (Å²) in [4.78, 5) is 12.4. The van der Waals surface area contributed by atoms with Crippen LogP contribution in [0.5, 0.6) is 5.75 Å². The average Bonchev–Trinajstić information content (AvgIpc) is 2.43. The second kappa shape index (κ2) is 5.11. The molecule has 2 N–H and O–H groups in total. The van der Waals surface area contributed by atoms with Gasteiger partial charge in [-0.3, -0.25) is 0 Å². The topological polar surface area (TPSA) is 70.9 Å². The zero-order valence-corrected chi connectivity index (χ0v) is 11.5. The number of anilines is 2. The van der Waals surface area contributed by atoms with Crippen LogP contribution in [0.2, 0.25) is 10.2 Å². The van der Waals surface area contributed by atoms with Gasteiger partial charge in [0, 0.05) is 5.02 Å². The summed E-state index contributed by atoms with van der Waals surface area (Å²) in [6.07, 6.45) is 1.40. The molecule has 0 spiro atoms. The average molecular weight is 307 g/mol. The molecule has 1 aromatic carbocycles. The molecule has 3 aromatic rings. The van der Waals surface area contributed by atoms with Crippen molar-refractivity contribution in [3.05, 3.63) is 46.8 Å². The number of hydrogen-bond donors (Lipinski definition) is 2. The van der Waals surface area contributed by atoms with E-state index in [-0.39, 0.29) is 5.75 Å². The third-order valence-corrected chi connectivity index (χ3v) is 3.11. The Balaban J connectivity index is 2.10. The van der Waals surface area contributed by atoms with Crippen LogP contribution in [0, 0.1) is 0 Å². The van der Waals surface area contributed by atoms with Crippen molar-refractivity contribution in [2.75, 3.05) is 5.32 Å². The molecule has 20 heavy (non-hydrogen) atoms. The Morgan fingerprint density at radius 2 is 1.90 bits per heavy atom. The number of fused-ring (bicyclic) bond motifs is 1. The van der Waals surface area contributed by atoms with Crippen molar-refractivity contribution < 1.29 is 5.11 Å². The van der Waals surface area contributed by atoms with Crippen LogP contribution in [0.25, 0.3) is 11.0 Å². The molecular formula is C13H8Cl2N4O. The van der Waals surface area contributed by atoms with Crippen molar-refractivity contribution in [3.8, 4) is 5.75 Å². The summed E-state index contributed by atoms with van der Waals surface area (Å²) < 4.78 is 0. The summed E-state index contributed by atoms with van der Waals surface area (Å²) in [7, 11) is 0. The van der Waals surface area contributed by atoms with Gasteiger partial charge in [0.1, 0.15) is 22.7 Å². The Bertz CT molecular complexity index is 794. The number of hydrogen-bond acceptors (Lipinski definition) is 5. The third kappa shape index (κ3) is 2.45. The molecule has 0 aliphatic heterocycles. The van der Waals surface area contributed by atoms with Gasteiger partial charge in [-0.2, -0.15) is 0 Å². The summed E-state index contributed by atoms with van der Waals surface area (Å²) in [5, 5.41) is 13.6. The van der Waals surface area contributed by atoms with E-state index in [1.54, 1.807) is 24.3 Å². The van der Waals surface area contributed by atoms with Gasteiger partial charge < -0.3 is 10.4 Å². The molecule has 2 aromatic heterocycles. The Hall–Kier alpha value is -2.11. The molecule has 5 nitrogen and oxygen atoms in total. The highest BCUT2D eigenvalue weighted by atomic mass is 35.5. The summed E-state index contributed by atoms with van der Waals surface area (Å²) in [6.45, 7) is 0. The fourth-order valence-electron chi connectivity index (χ4n) is 1.74. The number of aromatic nitrogens is 3. The van der Waals surface area contributed by atoms with Gasteiger partial charge in [0.15, 0.2) is 5.82 Å². The van der Waals surface area contributed by atoms with Gasteiger partial charge in [-0.05, 0) is 30.3 Å². The molecule has 0 aliphatic rings. The zero-order valence-electron chi connectivity index (χ0n) is 10.0. The summed E-state index contributed by atoms with van der Waals surface area (Å²) in [5.41, 5.74) is 1.59. The van der Waals surface area contributed by atoms with Crippen LogP contribution < -0.4 is 5.32 Å². The van der Waals surface area contributed by atoms with Gasteiger partial charge in [-0.25, -0.2) is 15.0 Å². The van der Waals surface area contributed by atoms with Crippen molar-refractivity contribution in [1.82, 2.24) is 15.0 Å². The van der Waals surface area contributed by atoms with Crippen LogP contribution in [0.1, 0.15) is 0 Å². The number of nitrogens with zero attached hydrogens (tertiary/aromatic N) is 3. The first-order chi connectivity index (χ1) is 9.63. The lowest BCUT2D eigenvalue weighted by atomic mass is 10.3. The maximum absolute atomic E-state index is 9.81. The van der Waals surface area contributed by atoms with Crippen LogP contribution in [-0.2, 0) is 0 Å². The molecule has 0 aliphatic carbocycles. The standard InChI is InChI=1S/C13H8Cl2N4O/c14-7-1-3-10(20)9(5-7)18-13-12-8(16-6-17-13)2-4-11(15)19-12/h1-6,20H,(H,16,17,18). The molecule has 0 atom stereocenters. The number of aromatic hydroxyl groups is 1. The van der Waals surface area contributed by atoms with E-state index in [0.29, 0.717) is 32.7 Å². The van der Waals surface area contributed by atoms with Crippen LogP contribution >= 0.6 is 23.2 Å². The Labute approximate surface area is 124 Å². The Morgan fingerprint density at radius 3 is 2.75 bits per heavy atom. The van der Waals surface area contributed by atoms with E-state index in [0.717, 1.165) is 0 Å². The van der Waals surface area contributed by atoms with Crippen molar-refractivity contribution >= 4 is 45.7 Å². The van der Waals surface area contributed by atoms with E-state index in [1.165, 1.54) is 12.4 Å². The predicted octanol–water partition coefficient (Wildman–Crippen LogP) is 3.78. The number of nitrogens with one attached hydrogen (secondary N) is 1. The van der Waals surface area contributed by atoms with Crippen molar-refractivity contribution in [3.63, 3.8) is 0 Å². The second-order valence-electron chi connectivity index (χ2n) is 4.01. The van der Waals surface area contributed by atoms with E-state index >= 15 is 0 Å². The smallest absolute Gasteiger partial charge is 0.160 e. The number of rotatable bonds is 2. The van der Waals surface area contributed by atoms with Crippen molar-refractivity contribution in [2.24, 2.45) is 0 Å². The number of pyridine rings is 1. The maximum Gasteiger partial charge on any atom is 0.160 e. The van der Waals surface area contributed by atoms with Crippen molar-refractivity contribution in [2.45, 2.75) is 0 Å². The molecule has 0 bridgehead atoms. The summed E-state index contributed by atoms with van der Waals surface area (Å²) in [6, 6.07) is 8.08. The number of halogens is 2. The maximum atomic E-state index is 9.81. The highest BCUT2D eigenvalue weighted by molar-refractivity contribution is 6.31. The minimum Gasteiger partial charge on any atom is -0.506 e. The highest BCUT2D eigenvalue weighted by Gasteiger charge is 2.09. The van der Waals surface area contributed by atoms with E-state index in [4.69, 9.17) is 23.2 Å². The summed E-state index contributed by atoms with van der Waals surface area (Å²) in [5.74, 6) is 0.498. The Kier molecular flexibility index (Phi) is 3.30. The van der Waals surface area contributed by atoms with Crippen LogP contribution in [0.4, 0.5) is 11.5 Å². The monoisotopic (exact) mass is 306 g/mol. The molecular weight excluding hydrogens is 299 g/mol. The molecule has 0 radical (unpaired) electrons. The first-order valence-electron chi connectivity index (χ1n) is 5.66. The normalized spacial score (nSPS) is 10.7. The second-order valence-corrected chi connectivity index (χ2v) is 4.83. The molecule has 0 amide bonds. The zero-order chi connectivity index (χ0) is 14.1. The van der Waals surface area contributed by atoms with E-state index in [9.17, 15) is 5.11 Å². The quantitative estimate of drug-likeness (QED) is 0.557. The number of phenolic OH excluding ortho intramolecular Hbond substituents is 1. The molecule has 0 saturated heterocycles. The van der Waals surface area contributed by atoms with Gasteiger partial charge in [0.25, 0.3) is 0 Å². The first-order valence-corrected chi connectivity index (χ1v) is 6.42. The molecule has 3 rings (SSSR count). The van der Waals surface area contributed by atoms with Crippen molar-refractivity contribution in [1.29, 1.82) is 0 Å². The Morgan fingerprint density at radius 1 is 1.05 bits per heavy atom. The lowest BCUT2D eigenvalue weighted by molar-refractivity contribution is 0.478. The number of phenols is 1. The van der Waals surface area contributed by atoms with Crippen LogP contribution in [0.3, 0.4) is 0 Å². The van der Waals surface area contributed by atoms with E-state index in [2.05, 4.69) is 20.3 Å². The van der Waals surface area contributed by atoms with E-state index in [1.807, 2.05) is 0 Å². The SMILES string of the molecule is Oc1ccc(Cl)cc1Nc1ncnc2ccc(Cl)nc12. The lowest BCUT2D eigenvalue weighted by Crippen LogP contribution is -1.98. The van der Waals surface area contributed by atoms with Gasteiger partial charge >= 0.3 is 0 Å². The summed E-state index contributed by atoms with van der Waals surface area (Å²) >= 11 is 11.8. The molecule has 100 valence electrons. The van der Waals surface area contributed by atoms with Gasteiger partial charge in [0.2, 0.25) is 0 Å². The van der Waals surface area contributed by atoms with Crippen LogP contribution in [-0.4, -0.2) is 20.1 Å². The highest BCUT2D eigenvalue weighted by Crippen LogP contribution is 2.30. The molecule has 0 saturated carbocycles. The fourth-order valence-corrected chi connectivity index (χ4v) is 2.06. The fraction of sp³-hybridized carbons (Fsp3) is 0. The van der Waals surface area contributed by atoms with Gasteiger partial charge in [-0.15, -0.1) is 0 Å². The number of benzene rings is 1. The molecule has 2 heterocycles.